The van der Waals surface area contributed by atoms with Gasteiger partial charge in [-0.1, -0.05) is 18.2 Å². The maximum Gasteiger partial charge on any atom is 0.417 e. The van der Waals surface area contributed by atoms with Gasteiger partial charge in [0.2, 0.25) is 5.88 Å². The van der Waals surface area contributed by atoms with Crippen LogP contribution in [0.1, 0.15) is 21.5 Å². The Morgan fingerprint density at radius 2 is 1.72 bits per heavy atom. The van der Waals surface area contributed by atoms with Crippen LogP contribution < -0.4 is 10.1 Å². The predicted molar refractivity (Wildman–Crippen MR) is 98.2 cm³/mol. The minimum Gasteiger partial charge on any atom is -0.439 e. The number of nitrogens with zero attached hydrogens (tertiary/aromatic N) is 1. The van der Waals surface area contributed by atoms with Crippen molar-refractivity contribution in [1.29, 1.82) is 0 Å². The number of hydrogen-bond acceptors (Lipinski definition) is 3. The lowest BCUT2D eigenvalue weighted by Gasteiger charge is -2.09. The summed E-state index contributed by atoms with van der Waals surface area (Å²) in [5, 5.41) is 2.70. The van der Waals surface area contributed by atoms with Gasteiger partial charge in [0.05, 0.1) is 5.56 Å². The van der Waals surface area contributed by atoms with Crippen LogP contribution in [0.3, 0.4) is 0 Å². The molecule has 0 aliphatic heterocycles. The summed E-state index contributed by atoms with van der Waals surface area (Å²) in [7, 11) is 0. The highest BCUT2D eigenvalue weighted by Gasteiger charge is 2.30. The predicted octanol–water partition coefficient (Wildman–Crippen LogP) is 5.00. The van der Waals surface area contributed by atoms with Crippen molar-refractivity contribution < 1.29 is 27.1 Å². The number of halogens is 4. The Kier molecular flexibility index (Phi) is 6.11. The van der Waals surface area contributed by atoms with Gasteiger partial charge >= 0.3 is 6.18 Å². The molecule has 0 saturated carbocycles. The number of ether oxygens (including phenoxy) is 1. The third kappa shape index (κ3) is 5.54. The van der Waals surface area contributed by atoms with Crippen LogP contribution in [0.4, 0.5) is 17.6 Å². The number of rotatable bonds is 6. The molecule has 4 nitrogen and oxygen atoms in total. The molecule has 0 aliphatic rings. The van der Waals surface area contributed by atoms with Gasteiger partial charge in [0.25, 0.3) is 5.91 Å². The summed E-state index contributed by atoms with van der Waals surface area (Å²) in [5.41, 5.74) is 0.0131. The van der Waals surface area contributed by atoms with Gasteiger partial charge in [0.15, 0.2) is 0 Å². The average molecular weight is 404 g/mol. The van der Waals surface area contributed by atoms with Crippen molar-refractivity contribution in [3.05, 3.63) is 89.4 Å². The van der Waals surface area contributed by atoms with Gasteiger partial charge in [-0.15, -0.1) is 0 Å². The number of aromatic nitrogens is 1. The van der Waals surface area contributed by atoms with Gasteiger partial charge in [-0.05, 0) is 48.4 Å². The van der Waals surface area contributed by atoms with E-state index in [1.165, 1.54) is 30.3 Å². The molecule has 29 heavy (non-hydrogen) atoms. The first-order chi connectivity index (χ1) is 13.8. The fourth-order valence-corrected chi connectivity index (χ4v) is 2.52. The molecule has 0 aliphatic carbocycles. The largest absolute Gasteiger partial charge is 0.439 e. The maximum absolute atomic E-state index is 13.6. The zero-order valence-corrected chi connectivity index (χ0v) is 15.0. The minimum atomic E-state index is -4.47. The van der Waals surface area contributed by atoms with E-state index < -0.39 is 11.7 Å². The third-order valence-electron chi connectivity index (χ3n) is 4.04. The number of benzene rings is 2. The first-order valence-electron chi connectivity index (χ1n) is 8.66. The van der Waals surface area contributed by atoms with Crippen molar-refractivity contribution in [2.24, 2.45) is 0 Å². The van der Waals surface area contributed by atoms with Gasteiger partial charge in [-0.3, -0.25) is 4.79 Å². The van der Waals surface area contributed by atoms with Crippen LogP contribution in [-0.2, 0) is 12.6 Å². The number of hydrogen-bond donors (Lipinski definition) is 1. The second kappa shape index (κ2) is 8.72. The van der Waals surface area contributed by atoms with E-state index in [0.717, 1.165) is 12.1 Å². The van der Waals surface area contributed by atoms with Crippen molar-refractivity contribution in [1.82, 2.24) is 10.3 Å². The highest BCUT2D eigenvalue weighted by molar-refractivity contribution is 5.94. The first-order valence-corrected chi connectivity index (χ1v) is 8.66. The molecule has 2 aromatic carbocycles. The smallest absolute Gasteiger partial charge is 0.417 e. The summed E-state index contributed by atoms with van der Waals surface area (Å²) in [6.45, 7) is 0.271. The standard InChI is InChI=1S/C21H16F4N2O2/c22-18-4-2-1-3-14(18)11-12-26-20(28)15-5-8-17(9-6-15)29-19-10-7-16(13-27-19)21(23,24)25/h1-10,13H,11-12H2,(H,26,28). The van der Waals surface area contributed by atoms with E-state index in [0.29, 0.717) is 29.5 Å². The van der Waals surface area contributed by atoms with Gasteiger partial charge in [0, 0.05) is 24.4 Å². The molecule has 8 heteroatoms. The summed E-state index contributed by atoms with van der Waals surface area (Å²) in [6.07, 6.45) is -3.42. The van der Waals surface area contributed by atoms with E-state index in [-0.39, 0.29) is 24.1 Å². The summed E-state index contributed by atoms with van der Waals surface area (Å²) in [5.74, 6) is -0.332. The average Bonchev–Trinajstić information content (AvgIpc) is 2.70. The van der Waals surface area contributed by atoms with E-state index in [1.807, 2.05) is 0 Å². The molecule has 3 aromatic rings. The Balaban J connectivity index is 1.54. The molecule has 0 bridgehead atoms. The van der Waals surface area contributed by atoms with Crippen molar-refractivity contribution in [3.63, 3.8) is 0 Å². The van der Waals surface area contributed by atoms with Gasteiger partial charge in [-0.2, -0.15) is 13.2 Å². The Morgan fingerprint density at radius 1 is 1.00 bits per heavy atom. The summed E-state index contributed by atoms with van der Waals surface area (Å²) >= 11 is 0. The molecular formula is C21H16F4N2O2. The van der Waals surface area contributed by atoms with E-state index >= 15 is 0 Å². The van der Waals surface area contributed by atoms with Crippen LogP contribution in [-0.4, -0.2) is 17.4 Å². The lowest BCUT2D eigenvalue weighted by Crippen LogP contribution is -2.25. The van der Waals surface area contributed by atoms with E-state index in [2.05, 4.69) is 10.3 Å². The number of carbonyl (C=O) groups excluding carboxylic acids is 1. The fourth-order valence-electron chi connectivity index (χ4n) is 2.52. The molecule has 3 rings (SSSR count). The van der Waals surface area contributed by atoms with Crippen LogP contribution in [0.15, 0.2) is 66.9 Å². The van der Waals surface area contributed by atoms with Gasteiger partial charge in [0.1, 0.15) is 11.6 Å². The second-order valence-corrected chi connectivity index (χ2v) is 6.11. The van der Waals surface area contributed by atoms with Crippen LogP contribution in [0.5, 0.6) is 11.6 Å². The van der Waals surface area contributed by atoms with E-state index in [4.69, 9.17) is 4.74 Å². The number of alkyl halides is 3. The number of pyridine rings is 1. The molecule has 0 radical (unpaired) electrons. The lowest BCUT2D eigenvalue weighted by atomic mass is 10.1. The molecule has 0 fully saturated rings. The second-order valence-electron chi connectivity index (χ2n) is 6.11. The zero-order chi connectivity index (χ0) is 20.9. The summed E-state index contributed by atoms with van der Waals surface area (Å²) < 4.78 is 56.5. The maximum atomic E-state index is 13.6. The van der Waals surface area contributed by atoms with Crippen molar-refractivity contribution in [3.8, 4) is 11.6 Å². The molecule has 0 spiro atoms. The molecule has 150 valence electrons. The van der Waals surface area contributed by atoms with Crippen molar-refractivity contribution >= 4 is 5.91 Å². The van der Waals surface area contributed by atoms with Crippen LogP contribution in [0, 0.1) is 5.82 Å². The molecule has 1 amide bonds. The summed E-state index contributed by atoms with van der Waals surface area (Å²) in [6, 6.07) is 14.4. The third-order valence-corrected chi connectivity index (χ3v) is 4.04. The van der Waals surface area contributed by atoms with Crippen LogP contribution in [0.2, 0.25) is 0 Å². The van der Waals surface area contributed by atoms with Crippen LogP contribution in [0.25, 0.3) is 0 Å². The Bertz CT molecular complexity index is 971. The SMILES string of the molecule is O=C(NCCc1ccccc1F)c1ccc(Oc2ccc(C(F)(F)F)cn2)cc1. The van der Waals surface area contributed by atoms with Crippen molar-refractivity contribution in [2.75, 3.05) is 6.54 Å². The molecule has 0 unspecified atom stereocenters. The minimum absolute atomic E-state index is 0.0000826. The van der Waals surface area contributed by atoms with Gasteiger partial charge in [-0.25, -0.2) is 9.37 Å². The monoisotopic (exact) mass is 404 g/mol. The van der Waals surface area contributed by atoms with E-state index in [9.17, 15) is 22.4 Å². The summed E-state index contributed by atoms with van der Waals surface area (Å²) in [4.78, 5) is 15.8. The van der Waals surface area contributed by atoms with Crippen molar-refractivity contribution in [2.45, 2.75) is 12.6 Å². The normalized spacial score (nSPS) is 11.2. The molecular weight excluding hydrogens is 388 g/mol. The van der Waals surface area contributed by atoms with E-state index in [1.54, 1.807) is 18.2 Å². The Morgan fingerprint density at radius 3 is 2.34 bits per heavy atom. The number of carbonyl (C=O) groups is 1. The molecule has 1 heterocycles. The Hall–Kier alpha value is -3.42. The topological polar surface area (TPSA) is 51.2 Å². The van der Waals surface area contributed by atoms with Gasteiger partial charge < -0.3 is 10.1 Å². The number of amides is 1. The number of nitrogens with one attached hydrogen (secondary N) is 1. The molecule has 1 N–H and O–H groups in total. The zero-order valence-electron chi connectivity index (χ0n) is 15.0. The molecule has 1 aromatic heterocycles. The molecule has 0 atom stereocenters. The highest BCUT2D eigenvalue weighted by Crippen LogP contribution is 2.30. The highest BCUT2D eigenvalue weighted by atomic mass is 19.4. The fraction of sp³-hybridized carbons (Fsp3) is 0.143. The van der Waals surface area contributed by atoms with Crippen LogP contribution >= 0.6 is 0 Å². The first kappa shape index (κ1) is 20.3. The quantitative estimate of drug-likeness (QED) is 0.588. The Labute approximate surface area is 164 Å². The molecule has 0 saturated heterocycles. The lowest BCUT2D eigenvalue weighted by molar-refractivity contribution is -0.137.